The summed E-state index contributed by atoms with van der Waals surface area (Å²) in [6.45, 7) is 2.72. The van der Waals surface area contributed by atoms with E-state index in [2.05, 4.69) is 4.98 Å². The molecule has 2 N–H and O–H groups in total. The number of hydrogen-bond acceptors (Lipinski definition) is 3. The van der Waals surface area contributed by atoms with Gasteiger partial charge < -0.3 is 10.6 Å². The summed E-state index contributed by atoms with van der Waals surface area (Å²) in [7, 11) is 0. The summed E-state index contributed by atoms with van der Waals surface area (Å²) in [5.41, 5.74) is 6.44. The van der Waals surface area contributed by atoms with Crippen LogP contribution in [0.2, 0.25) is 0 Å². The minimum Gasteiger partial charge on any atom is -0.348 e. The van der Waals surface area contributed by atoms with Crippen molar-refractivity contribution in [3.63, 3.8) is 0 Å². The van der Waals surface area contributed by atoms with Crippen molar-refractivity contribution in [2.75, 3.05) is 18.0 Å². The average molecular weight is 247 g/mol. The predicted octanol–water partition coefficient (Wildman–Crippen LogP) is 2.49. The summed E-state index contributed by atoms with van der Waals surface area (Å²) in [5.74, 6) is 0.314. The van der Waals surface area contributed by atoms with Gasteiger partial charge in [0.15, 0.2) is 0 Å². The molecule has 0 aromatic carbocycles. The smallest absolute Gasteiger partial charge is 0.348 e. The molecule has 1 heterocycles. The maximum Gasteiger partial charge on any atom is 0.405 e. The van der Waals surface area contributed by atoms with E-state index in [1.165, 1.54) is 11.1 Å². The van der Waals surface area contributed by atoms with Gasteiger partial charge in [0.25, 0.3) is 0 Å². The number of anilines is 1. The molecule has 0 bridgehead atoms. The first kappa shape index (κ1) is 13.8. The Balaban J connectivity index is 2.82. The average Bonchev–Trinajstić information content (AvgIpc) is 2.25. The van der Waals surface area contributed by atoms with E-state index in [4.69, 9.17) is 5.73 Å². The Labute approximate surface area is 98.4 Å². The molecule has 1 rings (SSSR count). The Morgan fingerprint density at radius 2 is 2.06 bits per heavy atom. The van der Waals surface area contributed by atoms with Gasteiger partial charge in [-0.25, -0.2) is 4.98 Å². The zero-order chi connectivity index (χ0) is 13.1. The second-order valence-corrected chi connectivity index (χ2v) is 3.87. The molecule has 3 nitrogen and oxygen atoms in total. The minimum absolute atomic E-state index is 0.172. The van der Waals surface area contributed by atoms with Crippen LogP contribution in [-0.4, -0.2) is 24.2 Å². The molecule has 0 amide bonds. The van der Waals surface area contributed by atoms with Crippen molar-refractivity contribution in [3.8, 4) is 0 Å². The van der Waals surface area contributed by atoms with Crippen molar-refractivity contribution >= 4 is 5.82 Å². The molecule has 96 valence electrons. The maximum absolute atomic E-state index is 12.3. The highest BCUT2D eigenvalue weighted by molar-refractivity contribution is 5.39. The lowest BCUT2D eigenvalue weighted by Gasteiger charge is -2.23. The van der Waals surface area contributed by atoms with Crippen LogP contribution in [0.4, 0.5) is 19.0 Å². The summed E-state index contributed by atoms with van der Waals surface area (Å²) >= 11 is 0. The van der Waals surface area contributed by atoms with Gasteiger partial charge in [-0.1, -0.05) is 6.07 Å². The van der Waals surface area contributed by atoms with Crippen LogP contribution in [0.15, 0.2) is 18.3 Å². The summed E-state index contributed by atoms with van der Waals surface area (Å²) in [6, 6.07) is 3.09. The molecule has 0 saturated carbocycles. The Hall–Kier alpha value is -1.30. The van der Waals surface area contributed by atoms with Gasteiger partial charge in [0, 0.05) is 18.8 Å². The zero-order valence-corrected chi connectivity index (χ0v) is 9.83. The molecule has 1 aromatic rings. The van der Waals surface area contributed by atoms with Crippen molar-refractivity contribution in [1.29, 1.82) is 0 Å². The third-order valence-corrected chi connectivity index (χ3v) is 2.37. The van der Waals surface area contributed by atoms with Crippen LogP contribution in [0, 0.1) is 0 Å². The minimum atomic E-state index is -4.22. The lowest BCUT2D eigenvalue weighted by atomic mass is 10.1. The SMILES string of the molecule is CCN(CC(F)(F)F)c1ccc(C(C)N)cn1. The van der Waals surface area contributed by atoms with Crippen LogP contribution in [0.3, 0.4) is 0 Å². The molecule has 1 atom stereocenters. The van der Waals surface area contributed by atoms with Gasteiger partial charge in [-0.15, -0.1) is 0 Å². The fourth-order valence-electron chi connectivity index (χ4n) is 1.43. The Morgan fingerprint density at radius 1 is 1.41 bits per heavy atom. The molecule has 0 aliphatic carbocycles. The van der Waals surface area contributed by atoms with E-state index in [1.54, 1.807) is 26.0 Å². The predicted molar refractivity (Wildman–Crippen MR) is 60.8 cm³/mol. The van der Waals surface area contributed by atoms with E-state index in [-0.39, 0.29) is 12.6 Å². The third-order valence-electron chi connectivity index (χ3n) is 2.37. The van der Waals surface area contributed by atoms with Crippen LogP contribution in [0.1, 0.15) is 25.5 Å². The summed E-state index contributed by atoms with van der Waals surface area (Å²) in [6.07, 6.45) is -2.71. The van der Waals surface area contributed by atoms with E-state index in [0.717, 1.165) is 5.56 Å². The third kappa shape index (κ3) is 4.22. The Bertz CT molecular complexity index is 346. The second kappa shape index (κ2) is 5.35. The van der Waals surface area contributed by atoms with Crippen molar-refractivity contribution < 1.29 is 13.2 Å². The molecule has 0 radical (unpaired) electrons. The quantitative estimate of drug-likeness (QED) is 0.888. The van der Waals surface area contributed by atoms with Crippen LogP contribution in [0.5, 0.6) is 0 Å². The maximum atomic E-state index is 12.3. The number of nitrogens with zero attached hydrogens (tertiary/aromatic N) is 2. The second-order valence-electron chi connectivity index (χ2n) is 3.87. The number of aromatic nitrogens is 1. The van der Waals surface area contributed by atoms with Gasteiger partial charge in [0.1, 0.15) is 12.4 Å². The normalized spacial score (nSPS) is 13.5. The van der Waals surface area contributed by atoms with Crippen LogP contribution >= 0.6 is 0 Å². The van der Waals surface area contributed by atoms with E-state index < -0.39 is 12.7 Å². The van der Waals surface area contributed by atoms with Crippen LogP contribution in [0.25, 0.3) is 0 Å². The van der Waals surface area contributed by atoms with Crippen LogP contribution < -0.4 is 10.6 Å². The number of halogens is 3. The first-order chi connectivity index (χ1) is 7.83. The molecule has 0 spiro atoms. The number of hydrogen-bond donors (Lipinski definition) is 1. The highest BCUT2D eigenvalue weighted by Crippen LogP contribution is 2.21. The molecule has 6 heteroatoms. The van der Waals surface area contributed by atoms with Crippen LogP contribution in [-0.2, 0) is 0 Å². The number of pyridine rings is 1. The fraction of sp³-hybridized carbons (Fsp3) is 0.545. The molecule has 0 aliphatic rings. The summed E-state index contributed by atoms with van der Waals surface area (Å²) in [5, 5.41) is 0. The zero-order valence-electron chi connectivity index (χ0n) is 9.83. The monoisotopic (exact) mass is 247 g/mol. The number of alkyl halides is 3. The lowest BCUT2D eigenvalue weighted by Crippen LogP contribution is -2.34. The van der Waals surface area contributed by atoms with Crippen molar-refractivity contribution in [1.82, 2.24) is 4.98 Å². The Kier molecular flexibility index (Phi) is 4.34. The largest absolute Gasteiger partial charge is 0.405 e. The highest BCUT2D eigenvalue weighted by Gasteiger charge is 2.30. The van der Waals surface area contributed by atoms with E-state index in [9.17, 15) is 13.2 Å². The first-order valence-electron chi connectivity index (χ1n) is 5.36. The fourth-order valence-corrected chi connectivity index (χ4v) is 1.43. The van der Waals surface area contributed by atoms with Gasteiger partial charge in [-0.3, -0.25) is 0 Å². The topological polar surface area (TPSA) is 42.1 Å². The molecule has 1 unspecified atom stereocenters. The molecular formula is C11H16F3N3. The Morgan fingerprint density at radius 3 is 2.41 bits per heavy atom. The van der Waals surface area contributed by atoms with Gasteiger partial charge in [-0.2, -0.15) is 13.2 Å². The van der Waals surface area contributed by atoms with Crippen molar-refractivity contribution in [2.24, 2.45) is 5.73 Å². The van der Waals surface area contributed by atoms with E-state index in [1.807, 2.05) is 0 Å². The van der Waals surface area contributed by atoms with Gasteiger partial charge >= 0.3 is 6.18 Å². The van der Waals surface area contributed by atoms with Gasteiger partial charge in [0.2, 0.25) is 0 Å². The van der Waals surface area contributed by atoms with Gasteiger partial charge in [-0.05, 0) is 25.5 Å². The van der Waals surface area contributed by atoms with Crippen molar-refractivity contribution in [2.45, 2.75) is 26.1 Å². The molecule has 1 aromatic heterocycles. The van der Waals surface area contributed by atoms with E-state index >= 15 is 0 Å². The summed E-state index contributed by atoms with van der Waals surface area (Å²) in [4.78, 5) is 5.17. The highest BCUT2D eigenvalue weighted by atomic mass is 19.4. The van der Waals surface area contributed by atoms with E-state index in [0.29, 0.717) is 5.82 Å². The number of nitrogens with two attached hydrogens (primary N) is 1. The van der Waals surface area contributed by atoms with Gasteiger partial charge in [0.05, 0.1) is 0 Å². The molecule has 0 aliphatic heterocycles. The van der Waals surface area contributed by atoms with Crippen molar-refractivity contribution in [3.05, 3.63) is 23.9 Å². The molecule has 0 fully saturated rings. The standard InChI is InChI=1S/C11H16F3N3/c1-3-17(7-11(12,13)14)10-5-4-9(6-16-10)8(2)15/h4-6,8H,3,7,15H2,1-2H3. The molecular weight excluding hydrogens is 231 g/mol. The number of rotatable bonds is 4. The lowest BCUT2D eigenvalue weighted by molar-refractivity contribution is -0.119. The first-order valence-corrected chi connectivity index (χ1v) is 5.36. The molecule has 0 saturated heterocycles. The summed E-state index contributed by atoms with van der Waals surface area (Å²) < 4.78 is 36.9. The molecule has 17 heavy (non-hydrogen) atoms.